The number of hydrogen-bond donors (Lipinski definition) is 1. The van der Waals surface area contributed by atoms with E-state index in [-0.39, 0.29) is 11.3 Å². The lowest BCUT2D eigenvalue weighted by atomic mass is 9.91. The first kappa shape index (κ1) is 11.8. The zero-order chi connectivity index (χ0) is 11.5. The molecule has 0 amide bonds. The highest BCUT2D eigenvalue weighted by Gasteiger charge is 2.19. The number of rotatable bonds is 3. The molecular formula is C13H19NO. The van der Waals surface area contributed by atoms with E-state index in [1.54, 1.807) is 18.3 Å². The average molecular weight is 205 g/mol. The van der Waals surface area contributed by atoms with Crippen molar-refractivity contribution in [2.75, 3.05) is 0 Å². The van der Waals surface area contributed by atoms with E-state index in [2.05, 4.69) is 32.7 Å². The van der Waals surface area contributed by atoms with Crippen molar-refractivity contribution in [1.29, 1.82) is 0 Å². The highest BCUT2D eigenvalue weighted by Crippen LogP contribution is 2.21. The molecule has 0 aliphatic heterocycles. The second kappa shape index (κ2) is 4.47. The predicted octanol–water partition coefficient (Wildman–Crippen LogP) is 3.25. The Morgan fingerprint density at radius 2 is 1.87 bits per heavy atom. The molecule has 0 aliphatic carbocycles. The molecule has 0 atom stereocenters. The molecular weight excluding hydrogens is 186 g/mol. The van der Waals surface area contributed by atoms with Crippen LogP contribution in [0.5, 0.6) is 5.75 Å². The normalized spacial score (nSPS) is 12.6. The van der Waals surface area contributed by atoms with Gasteiger partial charge in [-0.15, -0.1) is 0 Å². The number of phenols is 1. The van der Waals surface area contributed by atoms with Crippen LogP contribution in [0.1, 0.15) is 33.3 Å². The number of phenolic OH excluding ortho intramolecular Hbond substituents is 1. The van der Waals surface area contributed by atoms with Crippen LogP contribution in [0.2, 0.25) is 0 Å². The van der Waals surface area contributed by atoms with Crippen molar-refractivity contribution in [3.8, 4) is 5.75 Å². The van der Waals surface area contributed by atoms with Gasteiger partial charge in [0.25, 0.3) is 0 Å². The standard InChI is InChI=1S/C13H19NO/c1-10(2)13(3,4)14-9-11-7-5-6-8-12(11)15/h5-10,15H,1-4H3. The minimum Gasteiger partial charge on any atom is -0.507 e. The summed E-state index contributed by atoms with van der Waals surface area (Å²) in [6.45, 7) is 8.46. The van der Waals surface area contributed by atoms with Gasteiger partial charge in [-0.1, -0.05) is 26.0 Å². The van der Waals surface area contributed by atoms with Gasteiger partial charge in [0, 0.05) is 11.8 Å². The smallest absolute Gasteiger partial charge is 0.124 e. The van der Waals surface area contributed by atoms with E-state index in [1.807, 2.05) is 12.1 Å². The number of nitrogens with zero attached hydrogens (tertiary/aromatic N) is 1. The van der Waals surface area contributed by atoms with Crippen LogP contribution >= 0.6 is 0 Å². The van der Waals surface area contributed by atoms with Gasteiger partial charge in [0.1, 0.15) is 5.75 Å². The zero-order valence-electron chi connectivity index (χ0n) is 9.86. The number of aliphatic imine (C=N–C) groups is 1. The Morgan fingerprint density at radius 1 is 1.27 bits per heavy atom. The van der Waals surface area contributed by atoms with Crippen molar-refractivity contribution in [2.24, 2.45) is 10.9 Å². The van der Waals surface area contributed by atoms with E-state index in [0.29, 0.717) is 5.92 Å². The van der Waals surface area contributed by atoms with Crippen LogP contribution in [0.4, 0.5) is 0 Å². The molecule has 0 heterocycles. The van der Waals surface area contributed by atoms with Gasteiger partial charge in [0.2, 0.25) is 0 Å². The Labute approximate surface area is 91.7 Å². The second-order valence-corrected chi connectivity index (χ2v) is 4.63. The first-order valence-electron chi connectivity index (χ1n) is 5.26. The van der Waals surface area contributed by atoms with Crippen molar-refractivity contribution in [2.45, 2.75) is 33.2 Å². The molecule has 1 aromatic rings. The number of aromatic hydroxyl groups is 1. The quantitative estimate of drug-likeness (QED) is 0.755. The fourth-order valence-corrected chi connectivity index (χ4v) is 0.982. The minimum atomic E-state index is -0.0950. The van der Waals surface area contributed by atoms with Gasteiger partial charge >= 0.3 is 0 Å². The van der Waals surface area contributed by atoms with E-state index in [1.165, 1.54) is 0 Å². The third-order valence-corrected chi connectivity index (χ3v) is 2.89. The molecule has 0 bridgehead atoms. The largest absolute Gasteiger partial charge is 0.507 e. The maximum absolute atomic E-state index is 9.55. The van der Waals surface area contributed by atoms with Crippen LogP contribution in [0.3, 0.4) is 0 Å². The van der Waals surface area contributed by atoms with Gasteiger partial charge < -0.3 is 5.11 Å². The molecule has 1 rings (SSSR count). The lowest BCUT2D eigenvalue weighted by molar-refractivity contribution is 0.378. The molecule has 0 radical (unpaired) electrons. The van der Waals surface area contributed by atoms with Crippen molar-refractivity contribution in [1.82, 2.24) is 0 Å². The summed E-state index contributed by atoms with van der Waals surface area (Å²) in [5.41, 5.74) is 0.675. The van der Waals surface area contributed by atoms with Crippen molar-refractivity contribution in [3.63, 3.8) is 0 Å². The molecule has 82 valence electrons. The maximum Gasteiger partial charge on any atom is 0.124 e. The molecule has 0 unspecified atom stereocenters. The molecule has 0 saturated heterocycles. The summed E-state index contributed by atoms with van der Waals surface area (Å²) < 4.78 is 0. The van der Waals surface area contributed by atoms with Gasteiger partial charge in [-0.2, -0.15) is 0 Å². The number of para-hydroxylation sites is 1. The van der Waals surface area contributed by atoms with Gasteiger partial charge in [-0.05, 0) is 31.9 Å². The van der Waals surface area contributed by atoms with Crippen molar-refractivity contribution < 1.29 is 5.11 Å². The monoisotopic (exact) mass is 205 g/mol. The maximum atomic E-state index is 9.55. The molecule has 0 fully saturated rings. The SMILES string of the molecule is CC(C)C(C)(C)N=Cc1ccccc1O. The third-order valence-electron chi connectivity index (χ3n) is 2.89. The lowest BCUT2D eigenvalue weighted by Gasteiger charge is -2.24. The van der Waals surface area contributed by atoms with Crippen LogP contribution in [0.25, 0.3) is 0 Å². The summed E-state index contributed by atoms with van der Waals surface area (Å²) in [5.74, 6) is 0.750. The fourth-order valence-electron chi connectivity index (χ4n) is 0.982. The summed E-state index contributed by atoms with van der Waals surface area (Å²) in [6, 6.07) is 7.22. The van der Waals surface area contributed by atoms with Crippen LogP contribution in [0, 0.1) is 5.92 Å². The number of hydrogen-bond acceptors (Lipinski definition) is 2. The Kier molecular flexibility index (Phi) is 3.51. The van der Waals surface area contributed by atoms with Gasteiger partial charge in [-0.25, -0.2) is 0 Å². The minimum absolute atomic E-state index is 0.0950. The topological polar surface area (TPSA) is 32.6 Å². The predicted molar refractivity (Wildman–Crippen MR) is 64.6 cm³/mol. The lowest BCUT2D eigenvalue weighted by Crippen LogP contribution is -2.24. The van der Waals surface area contributed by atoms with Gasteiger partial charge in [0.15, 0.2) is 0 Å². The highest BCUT2D eigenvalue weighted by atomic mass is 16.3. The Bertz CT molecular complexity index is 353. The molecule has 2 nitrogen and oxygen atoms in total. The van der Waals surface area contributed by atoms with Crippen LogP contribution in [0.15, 0.2) is 29.3 Å². The molecule has 0 spiro atoms. The van der Waals surface area contributed by atoms with E-state index >= 15 is 0 Å². The van der Waals surface area contributed by atoms with Gasteiger partial charge in [-0.3, -0.25) is 4.99 Å². The zero-order valence-corrected chi connectivity index (χ0v) is 9.86. The van der Waals surface area contributed by atoms with Crippen LogP contribution < -0.4 is 0 Å². The molecule has 15 heavy (non-hydrogen) atoms. The summed E-state index contributed by atoms with van der Waals surface area (Å²) >= 11 is 0. The van der Waals surface area contributed by atoms with Crippen molar-refractivity contribution >= 4 is 6.21 Å². The van der Waals surface area contributed by atoms with E-state index in [4.69, 9.17) is 0 Å². The highest BCUT2D eigenvalue weighted by molar-refractivity contribution is 5.83. The van der Waals surface area contributed by atoms with Crippen LogP contribution in [-0.2, 0) is 0 Å². The molecule has 0 saturated carbocycles. The molecule has 1 aromatic carbocycles. The Balaban J connectivity index is 2.87. The third kappa shape index (κ3) is 3.08. The average Bonchev–Trinajstić information content (AvgIpc) is 2.16. The summed E-state index contributed by atoms with van der Waals surface area (Å²) in [7, 11) is 0. The van der Waals surface area contributed by atoms with E-state index < -0.39 is 0 Å². The molecule has 2 heteroatoms. The first-order valence-corrected chi connectivity index (χ1v) is 5.26. The molecule has 0 aromatic heterocycles. The van der Waals surface area contributed by atoms with E-state index in [9.17, 15) is 5.11 Å². The van der Waals surface area contributed by atoms with Crippen LogP contribution in [-0.4, -0.2) is 16.9 Å². The van der Waals surface area contributed by atoms with E-state index in [0.717, 1.165) is 5.56 Å². The summed E-state index contributed by atoms with van der Waals surface area (Å²) in [6.07, 6.45) is 1.75. The number of benzene rings is 1. The Hall–Kier alpha value is -1.31. The Morgan fingerprint density at radius 3 is 2.40 bits per heavy atom. The van der Waals surface area contributed by atoms with Crippen molar-refractivity contribution in [3.05, 3.63) is 29.8 Å². The molecule has 0 aliphatic rings. The first-order chi connectivity index (χ1) is 6.93. The van der Waals surface area contributed by atoms with Gasteiger partial charge in [0.05, 0.1) is 5.54 Å². The fraction of sp³-hybridized carbons (Fsp3) is 0.462. The summed E-state index contributed by atoms with van der Waals surface area (Å²) in [4.78, 5) is 4.50. The molecule has 1 N–H and O–H groups in total. The summed E-state index contributed by atoms with van der Waals surface area (Å²) in [5, 5.41) is 9.55. The second-order valence-electron chi connectivity index (χ2n) is 4.63.